The molecule has 0 bridgehead atoms. The summed E-state index contributed by atoms with van der Waals surface area (Å²) < 4.78 is 11.0. The quantitative estimate of drug-likeness (QED) is 0.240. The van der Waals surface area contributed by atoms with Gasteiger partial charge in [-0.05, 0) is 72.1 Å². The SMILES string of the molecule is COc1ccc(C2/C(=C(\O)c3ccc(OCC(C)C)cc3)C(=O)C(=O)N2c2ccc(NC(C)=O)cc2)cc1. The Bertz CT molecular complexity index is 1360. The lowest BCUT2D eigenvalue weighted by atomic mass is 9.95. The lowest BCUT2D eigenvalue weighted by molar-refractivity contribution is -0.132. The molecule has 1 fully saturated rings. The standard InChI is InChI=1S/C30H30N2O6/c1-18(2)17-38-25-15-7-21(8-16-25)28(34)26-27(20-5-13-24(37-4)14-6-20)32(30(36)29(26)35)23-11-9-22(10-12-23)31-19(3)33/h5-16,18,27,34H,17H2,1-4H3,(H,31,33)/b28-26+. The van der Waals surface area contributed by atoms with Crippen molar-refractivity contribution in [3.05, 3.63) is 89.5 Å². The van der Waals surface area contributed by atoms with Crippen LogP contribution in [0.2, 0.25) is 0 Å². The summed E-state index contributed by atoms with van der Waals surface area (Å²) in [6.07, 6.45) is 0. The largest absolute Gasteiger partial charge is 0.507 e. The fraction of sp³-hybridized carbons (Fsp3) is 0.233. The number of anilines is 2. The zero-order chi connectivity index (χ0) is 27.4. The molecule has 2 amide bonds. The minimum atomic E-state index is -0.885. The van der Waals surface area contributed by atoms with Crippen molar-refractivity contribution in [2.24, 2.45) is 5.92 Å². The molecule has 8 nitrogen and oxygen atoms in total. The molecule has 4 rings (SSSR count). The first kappa shape index (κ1) is 26.5. The van der Waals surface area contributed by atoms with Gasteiger partial charge < -0.3 is 19.9 Å². The molecule has 3 aromatic rings. The molecule has 1 saturated heterocycles. The Balaban J connectivity index is 1.79. The minimum Gasteiger partial charge on any atom is -0.507 e. The molecule has 0 radical (unpaired) electrons. The number of rotatable bonds is 8. The molecule has 1 heterocycles. The molecular weight excluding hydrogens is 484 g/mol. The number of methoxy groups -OCH3 is 1. The Morgan fingerprint density at radius 3 is 2.11 bits per heavy atom. The van der Waals surface area contributed by atoms with Crippen LogP contribution in [0.15, 0.2) is 78.4 Å². The van der Waals surface area contributed by atoms with Gasteiger partial charge in [-0.2, -0.15) is 0 Å². The van der Waals surface area contributed by atoms with E-state index >= 15 is 0 Å². The number of ketones is 1. The zero-order valence-corrected chi connectivity index (χ0v) is 21.7. The second kappa shape index (κ2) is 11.2. The second-order valence-electron chi connectivity index (χ2n) is 9.40. The first-order valence-electron chi connectivity index (χ1n) is 12.3. The Labute approximate surface area is 221 Å². The third kappa shape index (κ3) is 5.54. The van der Waals surface area contributed by atoms with Crippen molar-refractivity contribution in [1.82, 2.24) is 0 Å². The summed E-state index contributed by atoms with van der Waals surface area (Å²) in [6, 6.07) is 19.4. The predicted molar refractivity (Wildman–Crippen MR) is 145 cm³/mol. The summed E-state index contributed by atoms with van der Waals surface area (Å²) in [5.41, 5.74) is 1.98. The van der Waals surface area contributed by atoms with Crippen molar-refractivity contribution in [2.75, 3.05) is 23.9 Å². The summed E-state index contributed by atoms with van der Waals surface area (Å²) in [6.45, 7) is 6.05. The van der Waals surface area contributed by atoms with Gasteiger partial charge in [0.05, 0.1) is 25.3 Å². The molecule has 0 aliphatic carbocycles. The van der Waals surface area contributed by atoms with Crippen LogP contribution in [0.5, 0.6) is 11.5 Å². The molecule has 1 unspecified atom stereocenters. The van der Waals surface area contributed by atoms with Gasteiger partial charge in [0.15, 0.2) is 0 Å². The van der Waals surface area contributed by atoms with Crippen molar-refractivity contribution < 1.29 is 29.0 Å². The van der Waals surface area contributed by atoms with E-state index in [4.69, 9.17) is 9.47 Å². The second-order valence-corrected chi connectivity index (χ2v) is 9.40. The number of benzene rings is 3. The topological polar surface area (TPSA) is 105 Å². The van der Waals surface area contributed by atoms with Gasteiger partial charge in [-0.15, -0.1) is 0 Å². The van der Waals surface area contributed by atoms with E-state index in [1.165, 1.54) is 11.8 Å². The van der Waals surface area contributed by atoms with Gasteiger partial charge in [0.25, 0.3) is 11.7 Å². The molecule has 8 heteroatoms. The normalized spacial score (nSPS) is 16.6. The van der Waals surface area contributed by atoms with Crippen molar-refractivity contribution in [2.45, 2.75) is 26.8 Å². The zero-order valence-electron chi connectivity index (χ0n) is 21.7. The minimum absolute atomic E-state index is 0.0260. The highest BCUT2D eigenvalue weighted by Crippen LogP contribution is 2.42. The van der Waals surface area contributed by atoms with E-state index in [-0.39, 0.29) is 17.2 Å². The van der Waals surface area contributed by atoms with Crippen molar-refractivity contribution >= 4 is 34.7 Å². The number of aliphatic hydroxyl groups excluding tert-OH is 1. The van der Waals surface area contributed by atoms with Crippen LogP contribution in [0.3, 0.4) is 0 Å². The third-order valence-corrected chi connectivity index (χ3v) is 6.05. The number of nitrogens with one attached hydrogen (secondary N) is 1. The molecule has 0 spiro atoms. The van der Waals surface area contributed by atoms with Crippen LogP contribution in [0.25, 0.3) is 5.76 Å². The van der Waals surface area contributed by atoms with Crippen molar-refractivity contribution in [1.29, 1.82) is 0 Å². The summed E-state index contributed by atoms with van der Waals surface area (Å²) in [7, 11) is 1.55. The average molecular weight is 515 g/mol. The maximum Gasteiger partial charge on any atom is 0.300 e. The maximum atomic E-state index is 13.4. The lowest BCUT2D eigenvalue weighted by Crippen LogP contribution is -2.29. The Hall–Kier alpha value is -4.59. The van der Waals surface area contributed by atoms with Crippen LogP contribution in [0.1, 0.15) is 37.9 Å². The van der Waals surface area contributed by atoms with E-state index in [0.29, 0.717) is 46.5 Å². The van der Waals surface area contributed by atoms with Gasteiger partial charge in [-0.25, -0.2) is 0 Å². The van der Waals surface area contributed by atoms with Crippen LogP contribution >= 0.6 is 0 Å². The van der Waals surface area contributed by atoms with Crippen LogP contribution in [-0.2, 0) is 14.4 Å². The summed E-state index contributed by atoms with van der Waals surface area (Å²) in [4.78, 5) is 39.5. The number of ether oxygens (including phenoxy) is 2. The molecule has 1 atom stereocenters. The monoisotopic (exact) mass is 514 g/mol. The highest BCUT2D eigenvalue weighted by atomic mass is 16.5. The van der Waals surface area contributed by atoms with E-state index in [9.17, 15) is 19.5 Å². The number of amides is 2. The van der Waals surface area contributed by atoms with E-state index in [1.54, 1.807) is 79.9 Å². The fourth-order valence-electron chi connectivity index (χ4n) is 4.24. The smallest absolute Gasteiger partial charge is 0.300 e. The molecule has 38 heavy (non-hydrogen) atoms. The molecule has 1 aliphatic heterocycles. The number of nitrogens with zero attached hydrogens (tertiary/aromatic N) is 1. The fourth-order valence-corrected chi connectivity index (χ4v) is 4.24. The first-order chi connectivity index (χ1) is 18.2. The number of carbonyl (C=O) groups excluding carboxylic acids is 3. The number of hydrogen-bond acceptors (Lipinski definition) is 6. The predicted octanol–water partition coefficient (Wildman–Crippen LogP) is 5.31. The highest BCUT2D eigenvalue weighted by Gasteiger charge is 2.47. The van der Waals surface area contributed by atoms with Gasteiger partial charge in [0.1, 0.15) is 17.3 Å². The van der Waals surface area contributed by atoms with E-state index in [2.05, 4.69) is 5.32 Å². The van der Waals surface area contributed by atoms with Crippen LogP contribution in [0, 0.1) is 5.92 Å². The summed E-state index contributed by atoms with van der Waals surface area (Å²) >= 11 is 0. The Kier molecular flexibility index (Phi) is 7.81. The highest BCUT2D eigenvalue weighted by molar-refractivity contribution is 6.51. The molecule has 1 aliphatic rings. The number of carbonyl (C=O) groups is 3. The van der Waals surface area contributed by atoms with Crippen molar-refractivity contribution in [3.63, 3.8) is 0 Å². The van der Waals surface area contributed by atoms with E-state index in [0.717, 1.165) is 0 Å². The Morgan fingerprint density at radius 2 is 1.55 bits per heavy atom. The molecular formula is C30H30N2O6. The molecule has 2 N–H and O–H groups in total. The number of aliphatic hydroxyl groups is 1. The third-order valence-electron chi connectivity index (χ3n) is 6.05. The van der Waals surface area contributed by atoms with Gasteiger partial charge in [-0.1, -0.05) is 26.0 Å². The average Bonchev–Trinajstić information content (AvgIpc) is 3.17. The summed E-state index contributed by atoms with van der Waals surface area (Å²) in [5.74, 6) is -0.459. The van der Waals surface area contributed by atoms with Gasteiger partial charge in [-0.3, -0.25) is 19.3 Å². The maximum absolute atomic E-state index is 13.4. The molecule has 3 aromatic carbocycles. The summed E-state index contributed by atoms with van der Waals surface area (Å²) in [5, 5.41) is 14.0. The van der Waals surface area contributed by atoms with E-state index < -0.39 is 17.7 Å². The van der Waals surface area contributed by atoms with Gasteiger partial charge in [0, 0.05) is 23.9 Å². The first-order valence-corrected chi connectivity index (χ1v) is 12.3. The van der Waals surface area contributed by atoms with Gasteiger partial charge in [0.2, 0.25) is 5.91 Å². The van der Waals surface area contributed by atoms with Gasteiger partial charge >= 0.3 is 0 Å². The number of Topliss-reactive ketones (excluding diaryl/α,β-unsaturated/α-hetero) is 1. The molecule has 196 valence electrons. The van der Waals surface area contributed by atoms with Crippen LogP contribution in [0.4, 0.5) is 11.4 Å². The number of hydrogen-bond donors (Lipinski definition) is 2. The molecule has 0 aromatic heterocycles. The lowest BCUT2D eigenvalue weighted by Gasteiger charge is -2.25. The van der Waals surface area contributed by atoms with E-state index in [1.807, 2.05) is 13.8 Å². The Morgan fingerprint density at radius 1 is 0.947 bits per heavy atom. The van der Waals surface area contributed by atoms with Crippen molar-refractivity contribution in [3.8, 4) is 11.5 Å². The van der Waals surface area contributed by atoms with Crippen LogP contribution in [-0.4, -0.2) is 36.4 Å². The van der Waals surface area contributed by atoms with Crippen LogP contribution < -0.4 is 19.7 Å². The molecule has 0 saturated carbocycles.